The van der Waals surface area contributed by atoms with Crippen molar-refractivity contribution in [2.75, 3.05) is 5.73 Å². The van der Waals surface area contributed by atoms with Gasteiger partial charge in [0.05, 0.1) is 15.9 Å². The fourth-order valence-electron chi connectivity index (χ4n) is 1.56. The van der Waals surface area contributed by atoms with Gasteiger partial charge in [-0.1, -0.05) is 15.9 Å². The van der Waals surface area contributed by atoms with E-state index in [1.165, 1.54) is 11.3 Å². The van der Waals surface area contributed by atoms with Gasteiger partial charge >= 0.3 is 0 Å². The van der Waals surface area contributed by atoms with Crippen LogP contribution in [0.15, 0.2) is 34.4 Å². The highest BCUT2D eigenvalue weighted by atomic mass is 79.9. The minimum absolute atomic E-state index is 0.486. The zero-order valence-electron chi connectivity index (χ0n) is 8.59. The Hall–Kier alpha value is -1.53. The Morgan fingerprint density at radius 2 is 2.12 bits per heavy atom. The van der Waals surface area contributed by atoms with Crippen LogP contribution in [0.5, 0.6) is 0 Å². The molecule has 0 spiro atoms. The molecule has 0 radical (unpaired) electrons. The molecule has 0 amide bonds. The third-order valence-corrected chi connectivity index (χ3v) is 3.60. The standard InChI is InChI=1S/C11H7BrN4S/c12-6-1-2-8-7(3-6)10(13)16-11(15-8)9-4-14-5-17-9/h1-5H,(H2,13,15,16). The molecular weight excluding hydrogens is 300 g/mol. The Kier molecular flexibility index (Phi) is 2.53. The molecule has 3 aromatic rings. The van der Waals surface area contributed by atoms with Crippen molar-refractivity contribution in [3.05, 3.63) is 34.4 Å². The highest BCUT2D eigenvalue weighted by Gasteiger charge is 2.08. The summed E-state index contributed by atoms with van der Waals surface area (Å²) in [5.74, 6) is 1.11. The first-order valence-corrected chi connectivity index (χ1v) is 6.53. The van der Waals surface area contributed by atoms with Gasteiger partial charge in [0.1, 0.15) is 5.82 Å². The van der Waals surface area contributed by atoms with Crippen molar-refractivity contribution in [3.63, 3.8) is 0 Å². The number of nitrogens with two attached hydrogens (primary N) is 1. The fourth-order valence-corrected chi connectivity index (χ4v) is 2.48. The SMILES string of the molecule is Nc1nc(-c2cncs2)nc2ccc(Br)cc12. The minimum atomic E-state index is 0.486. The van der Waals surface area contributed by atoms with Crippen LogP contribution in [0.2, 0.25) is 0 Å². The van der Waals surface area contributed by atoms with Gasteiger partial charge in [-0.25, -0.2) is 9.97 Å². The minimum Gasteiger partial charge on any atom is -0.383 e. The lowest BCUT2D eigenvalue weighted by Crippen LogP contribution is -1.96. The van der Waals surface area contributed by atoms with Gasteiger partial charge in [-0.2, -0.15) is 0 Å². The van der Waals surface area contributed by atoms with Crippen molar-refractivity contribution in [2.45, 2.75) is 0 Å². The summed E-state index contributed by atoms with van der Waals surface area (Å²) in [6.07, 6.45) is 1.74. The van der Waals surface area contributed by atoms with Gasteiger partial charge in [0.15, 0.2) is 5.82 Å². The summed E-state index contributed by atoms with van der Waals surface area (Å²) in [7, 11) is 0. The van der Waals surface area contributed by atoms with Crippen molar-refractivity contribution in [2.24, 2.45) is 0 Å². The Labute approximate surface area is 110 Å². The maximum atomic E-state index is 5.94. The molecule has 2 aromatic heterocycles. The number of rotatable bonds is 1. The fraction of sp³-hybridized carbons (Fsp3) is 0. The molecule has 2 heterocycles. The third kappa shape index (κ3) is 1.89. The average molecular weight is 307 g/mol. The molecule has 0 saturated heterocycles. The number of halogens is 1. The Morgan fingerprint density at radius 3 is 2.88 bits per heavy atom. The highest BCUT2D eigenvalue weighted by Crippen LogP contribution is 2.26. The van der Waals surface area contributed by atoms with Gasteiger partial charge in [0.25, 0.3) is 0 Å². The molecular formula is C11H7BrN4S. The van der Waals surface area contributed by atoms with E-state index in [0.717, 1.165) is 20.3 Å². The predicted octanol–water partition coefficient (Wildman–Crippen LogP) is 3.10. The quantitative estimate of drug-likeness (QED) is 0.750. The summed E-state index contributed by atoms with van der Waals surface area (Å²) >= 11 is 4.90. The second-order valence-corrected chi connectivity index (χ2v) is 5.26. The first-order chi connectivity index (χ1) is 8.24. The van der Waals surface area contributed by atoms with Gasteiger partial charge in [-0.15, -0.1) is 11.3 Å². The number of aromatic nitrogens is 3. The van der Waals surface area contributed by atoms with Gasteiger partial charge in [-0.05, 0) is 18.2 Å². The van der Waals surface area contributed by atoms with Crippen LogP contribution in [0.25, 0.3) is 21.6 Å². The number of nitrogen functional groups attached to an aromatic ring is 1. The van der Waals surface area contributed by atoms with Crippen molar-refractivity contribution in [3.8, 4) is 10.7 Å². The number of thiazole rings is 1. The van der Waals surface area contributed by atoms with Crippen LogP contribution in [-0.2, 0) is 0 Å². The maximum Gasteiger partial charge on any atom is 0.173 e. The molecule has 2 N–H and O–H groups in total. The Morgan fingerprint density at radius 1 is 1.24 bits per heavy atom. The molecule has 17 heavy (non-hydrogen) atoms. The monoisotopic (exact) mass is 306 g/mol. The first kappa shape index (κ1) is 10.6. The second kappa shape index (κ2) is 4.05. The van der Waals surface area contributed by atoms with Crippen molar-refractivity contribution < 1.29 is 0 Å². The summed E-state index contributed by atoms with van der Waals surface area (Å²) in [5.41, 5.74) is 8.53. The molecule has 1 aromatic carbocycles. The number of benzene rings is 1. The second-order valence-electron chi connectivity index (χ2n) is 3.46. The van der Waals surface area contributed by atoms with Crippen LogP contribution < -0.4 is 5.73 Å². The molecule has 84 valence electrons. The lowest BCUT2D eigenvalue weighted by molar-refractivity contribution is 1.24. The van der Waals surface area contributed by atoms with E-state index in [9.17, 15) is 0 Å². The molecule has 0 atom stereocenters. The van der Waals surface area contributed by atoms with E-state index in [2.05, 4.69) is 30.9 Å². The smallest absolute Gasteiger partial charge is 0.173 e. The van der Waals surface area contributed by atoms with E-state index in [-0.39, 0.29) is 0 Å². The third-order valence-electron chi connectivity index (χ3n) is 2.34. The van der Waals surface area contributed by atoms with Crippen molar-refractivity contribution in [1.82, 2.24) is 15.0 Å². The molecule has 0 aliphatic heterocycles. The van der Waals surface area contributed by atoms with Gasteiger partial charge in [0, 0.05) is 16.1 Å². The molecule has 0 fully saturated rings. The van der Waals surface area contributed by atoms with Crippen LogP contribution in [0.4, 0.5) is 5.82 Å². The molecule has 0 unspecified atom stereocenters. The first-order valence-electron chi connectivity index (χ1n) is 4.86. The largest absolute Gasteiger partial charge is 0.383 e. The van der Waals surface area contributed by atoms with Gasteiger partial charge in [0.2, 0.25) is 0 Å². The van der Waals surface area contributed by atoms with Crippen LogP contribution in [0.3, 0.4) is 0 Å². The molecule has 4 nitrogen and oxygen atoms in total. The van der Waals surface area contributed by atoms with Crippen molar-refractivity contribution >= 4 is 44.0 Å². The summed E-state index contributed by atoms with van der Waals surface area (Å²) in [4.78, 5) is 13.7. The number of anilines is 1. The predicted molar refractivity (Wildman–Crippen MR) is 72.8 cm³/mol. The van der Waals surface area contributed by atoms with E-state index in [1.807, 2.05) is 18.2 Å². The molecule has 6 heteroatoms. The average Bonchev–Trinajstić information content (AvgIpc) is 2.83. The van der Waals surface area contributed by atoms with E-state index < -0.39 is 0 Å². The molecule has 0 aliphatic carbocycles. The Balaban J connectivity index is 2.28. The number of hydrogen-bond donors (Lipinski definition) is 1. The zero-order valence-corrected chi connectivity index (χ0v) is 11.0. The van der Waals surface area contributed by atoms with Crippen molar-refractivity contribution in [1.29, 1.82) is 0 Å². The van der Waals surface area contributed by atoms with Crippen LogP contribution in [-0.4, -0.2) is 15.0 Å². The number of hydrogen-bond acceptors (Lipinski definition) is 5. The van der Waals surface area contributed by atoms with Crippen LogP contribution in [0, 0.1) is 0 Å². The molecule has 0 bridgehead atoms. The lowest BCUT2D eigenvalue weighted by atomic mass is 10.2. The van der Waals surface area contributed by atoms with Gasteiger partial charge < -0.3 is 5.73 Å². The van der Waals surface area contributed by atoms with E-state index in [1.54, 1.807) is 11.7 Å². The van der Waals surface area contributed by atoms with E-state index in [0.29, 0.717) is 11.6 Å². The lowest BCUT2D eigenvalue weighted by Gasteiger charge is -2.04. The topological polar surface area (TPSA) is 64.7 Å². The summed E-state index contributed by atoms with van der Waals surface area (Å²) < 4.78 is 0.964. The summed E-state index contributed by atoms with van der Waals surface area (Å²) in [6, 6.07) is 5.77. The zero-order chi connectivity index (χ0) is 11.8. The maximum absolute atomic E-state index is 5.94. The summed E-state index contributed by atoms with van der Waals surface area (Å²) in [6.45, 7) is 0. The van der Waals surface area contributed by atoms with Crippen LogP contribution in [0.1, 0.15) is 0 Å². The van der Waals surface area contributed by atoms with E-state index in [4.69, 9.17) is 5.73 Å². The molecule has 3 rings (SSSR count). The summed E-state index contributed by atoms with van der Waals surface area (Å²) in [5, 5.41) is 0.854. The van der Waals surface area contributed by atoms with Gasteiger partial charge in [-0.3, -0.25) is 4.98 Å². The normalized spacial score (nSPS) is 10.9. The number of nitrogens with zero attached hydrogens (tertiary/aromatic N) is 3. The van der Waals surface area contributed by atoms with Crippen LogP contribution >= 0.6 is 27.3 Å². The Bertz CT molecular complexity index is 681. The number of fused-ring (bicyclic) bond motifs is 1. The highest BCUT2D eigenvalue weighted by molar-refractivity contribution is 9.10. The molecule has 0 saturated carbocycles. The molecule has 0 aliphatic rings. The van der Waals surface area contributed by atoms with E-state index >= 15 is 0 Å².